The molecule has 1 saturated carbocycles. The molecule has 1 aliphatic rings. The van der Waals surface area contributed by atoms with Crippen LogP contribution in [0.25, 0.3) is 0 Å². The standard InChI is InChI=1S/C25H34ClN/c1-2-27(20-18-21-9-4-3-5-10-21)19-8-11-22-14-16-23(17-15-22)24-12-6-7-13-25(24)26/h3-5,9-10,14-17,24-25H,2,6-8,11-13,18-20H2,1H3. The lowest BCUT2D eigenvalue weighted by atomic mass is 9.83. The highest BCUT2D eigenvalue weighted by molar-refractivity contribution is 6.21. The van der Waals surface area contributed by atoms with Crippen molar-refractivity contribution in [3.8, 4) is 0 Å². The molecule has 1 nitrogen and oxygen atoms in total. The number of hydrogen-bond donors (Lipinski definition) is 0. The quantitative estimate of drug-likeness (QED) is 0.450. The lowest BCUT2D eigenvalue weighted by Gasteiger charge is -2.27. The lowest BCUT2D eigenvalue weighted by Crippen LogP contribution is -2.27. The summed E-state index contributed by atoms with van der Waals surface area (Å²) in [7, 11) is 0. The number of benzene rings is 2. The molecule has 0 aromatic heterocycles. The molecule has 2 unspecified atom stereocenters. The van der Waals surface area contributed by atoms with E-state index in [0.717, 1.165) is 25.9 Å². The zero-order chi connectivity index (χ0) is 18.9. The summed E-state index contributed by atoms with van der Waals surface area (Å²) in [5.74, 6) is 0.558. The summed E-state index contributed by atoms with van der Waals surface area (Å²) in [4.78, 5) is 2.57. The molecular weight excluding hydrogens is 350 g/mol. The highest BCUT2D eigenvalue weighted by atomic mass is 35.5. The van der Waals surface area contributed by atoms with Crippen molar-refractivity contribution in [1.82, 2.24) is 4.90 Å². The van der Waals surface area contributed by atoms with Gasteiger partial charge in [-0.25, -0.2) is 0 Å². The molecule has 0 saturated heterocycles. The van der Waals surface area contributed by atoms with Gasteiger partial charge in [0.15, 0.2) is 0 Å². The normalized spacial score (nSPS) is 20.1. The van der Waals surface area contributed by atoms with Crippen molar-refractivity contribution in [1.29, 1.82) is 0 Å². The summed E-state index contributed by atoms with van der Waals surface area (Å²) in [6.07, 6.45) is 8.57. The second-order valence-corrected chi connectivity index (χ2v) is 8.48. The van der Waals surface area contributed by atoms with Crippen LogP contribution in [0.1, 0.15) is 61.6 Å². The molecule has 3 rings (SSSR count). The highest BCUT2D eigenvalue weighted by Gasteiger charge is 2.24. The second kappa shape index (κ2) is 10.9. The predicted molar refractivity (Wildman–Crippen MR) is 118 cm³/mol. The Bertz CT molecular complexity index is 652. The Kier molecular flexibility index (Phi) is 8.23. The van der Waals surface area contributed by atoms with Gasteiger partial charge in [0.05, 0.1) is 0 Å². The Labute approximate surface area is 170 Å². The van der Waals surface area contributed by atoms with E-state index in [1.165, 1.54) is 55.3 Å². The zero-order valence-corrected chi connectivity index (χ0v) is 17.5. The fourth-order valence-electron chi connectivity index (χ4n) is 4.26. The molecule has 2 atom stereocenters. The largest absolute Gasteiger partial charge is 0.303 e. The number of alkyl halides is 1. The van der Waals surface area contributed by atoms with Crippen LogP contribution in [-0.2, 0) is 12.8 Å². The number of aryl methyl sites for hydroxylation is 1. The van der Waals surface area contributed by atoms with Crippen LogP contribution in [0.4, 0.5) is 0 Å². The van der Waals surface area contributed by atoms with E-state index in [1.807, 2.05) is 0 Å². The minimum atomic E-state index is 0.326. The van der Waals surface area contributed by atoms with Gasteiger partial charge < -0.3 is 4.90 Å². The van der Waals surface area contributed by atoms with E-state index in [0.29, 0.717) is 11.3 Å². The number of halogens is 1. The molecule has 0 bridgehead atoms. The summed E-state index contributed by atoms with van der Waals surface area (Å²) in [6.45, 7) is 5.73. The van der Waals surface area contributed by atoms with Gasteiger partial charge in [0, 0.05) is 17.8 Å². The van der Waals surface area contributed by atoms with Gasteiger partial charge in [-0.2, -0.15) is 0 Å². The Hall–Kier alpha value is -1.31. The Morgan fingerprint density at radius 2 is 1.56 bits per heavy atom. The maximum atomic E-state index is 6.56. The maximum absolute atomic E-state index is 6.56. The average Bonchev–Trinajstić information content (AvgIpc) is 2.72. The molecule has 2 aromatic rings. The van der Waals surface area contributed by atoms with Crippen molar-refractivity contribution in [3.63, 3.8) is 0 Å². The van der Waals surface area contributed by atoms with Crippen LogP contribution in [0.5, 0.6) is 0 Å². The Morgan fingerprint density at radius 1 is 0.852 bits per heavy atom. The smallest absolute Gasteiger partial charge is 0.0404 e. The van der Waals surface area contributed by atoms with Crippen LogP contribution in [0.2, 0.25) is 0 Å². The van der Waals surface area contributed by atoms with Gasteiger partial charge in [-0.1, -0.05) is 74.4 Å². The van der Waals surface area contributed by atoms with Gasteiger partial charge in [-0.05, 0) is 61.9 Å². The Morgan fingerprint density at radius 3 is 2.26 bits per heavy atom. The maximum Gasteiger partial charge on any atom is 0.0404 e. The third-order valence-corrected chi connectivity index (χ3v) is 6.56. The molecule has 2 heteroatoms. The van der Waals surface area contributed by atoms with Crippen molar-refractivity contribution in [3.05, 3.63) is 71.3 Å². The average molecular weight is 384 g/mol. The summed E-state index contributed by atoms with van der Waals surface area (Å²) in [6, 6.07) is 20.1. The van der Waals surface area contributed by atoms with E-state index >= 15 is 0 Å². The molecule has 1 aliphatic carbocycles. The molecule has 0 heterocycles. The molecular formula is C25H34ClN. The fraction of sp³-hybridized carbons (Fsp3) is 0.520. The molecule has 2 aromatic carbocycles. The molecule has 0 spiro atoms. The van der Waals surface area contributed by atoms with Crippen LogP contribution in [0, 0.1) is 0 Å². The van der Waals surface area contributed by atoms with Crippen molar-refractivity contribution in [2.75, 3.05) is 19.6 Å². The number of nitrogens with zero attached hydrogens (tertiary/aromatic N) is 1. The minimum Gasteiger partial charge on any atom is -0.303 e. The first-order valence-corrected chi connectivity index (χ1v) is 11.2. The van der Waals surface area contributed by atoms with Crippen LogP contribution in [-0.4, -0.2) is 29.9 Å². The van der Waals surface area contributed by atoms with Crippen molar-refractivity contribution in [2.45, 2.75) is 63.2 Å². The first-order valence-electron chi connectivity index (χ1n) is 10.8. The van der Waals surface area contributed by atoms with E-state index in [9.17, 15) is 0 Å². The highest BCUT2D eigenvalue weighted by Crippen LogP contribution is 2.36. The SMILES string of the molecule is CCN(CCCc1ccc(C2CCCCC2Cl)cc1)CCc1ccccc1. The lowest BCUT2D eigenvalue weighted by molar-refractivity contribution is 0.288. The summed E-state index contributed by atoms with van der Waals surface area (Å²) in [5, 5.41) is 0.326. The zero-order valence-electron chi connectivity index (χ0n) is 16.7. The second-order valence-electron chi connectivity index (χ2n) is 7.92. The number of rotatable bonds is 9. The van der Waals surface area contributed by atoms with Crippen LogP contribution in [0.15, 0.2) is 54.6 Å². The van der Waals surface area contributed by atoms with Crippen molar-refractivity contribution >= 4 is 11.6 Å². The molecule has 0 aliphatic heterocycles. The van der Waals surface area contributed by atoms with E-state index < -0.39 is 0 Å². The van der Waals surface area contributed by atoms with Gasteiger partial charge in [0.25, 0.3) is 0 Å². The van der Waals surface area contributed by atoms with Crippen LogP contribution in [0.3, 0.4) is 0 Å². The summed E-state index contributed by atoms with van der Waals surface area (Å²) >= 11 is 6.56. The van der Waals surface area contributed by atoms with Gasteiger partial charge in [-0.15, -0.1) is 11.6 Å². The van der Waals surface area contributed by atoms with Gasteiger partial charge >= 0.3 is 0 Å². The third kappa shape index (κ3) is 6.36. The van der Waals surface area contributed by atoms with Crippen molar-refractivity contribution in [2.24, 2.45) is 0 Å². The molecule has 146 valence electrons. The van der Waals surface area contributed by atoms with Crippen molar-refractivity contribution < 1.29 is 0 Å². The molecule has 0 radical (unpaired) electrons. The molecule has 27 heavy (non-hydrogen) atoms. The fourth-order valence-corrected chi connectivity index (χ4v) is 4.69. The molecule has 1 fully saturated rings. The van der Waals surface area contributed by atoms with Gasteiger partial charge in [0.2, 0.25) is 0 Å². The number of hydrogen-bond acceptors (Lipinski definition) is 1. The van der Waals surface area contributed by atoms with Gasteiger partial charge in [-0.3, -0.25) is 0 Å². The van der Waals surface area contributed by atoms with Gasteiger partial charge in [0.1, 0.15) is 0 Å². The first-order chi connectivity index (χ1) is 13.3. The minimum absolute atomic E-state index is 0.326. The van der Waals surface area contributed by atoms with E-state index in [-0.39, 0.29) is 0 Å². The number of likely N-dealkylation sites (N-methyl/N-ethyl adjacent to an activating group) is 1. The first kappa shape index (κ1) is 20.4. The Balaban J connectivity index is 1.42. The van der Waals surface area contributed by atoms with Crippen LogP contribution < -0.4 is 0 Å². The van der Waals surface area contributed by atoms with E-state index in [2.05, 4.69) is 66.4 Å². The summed E-state index contributed by atoms with van der Waals surface area (Å²) in [5.41, 5.74) is 4.34. The van der Waals surface area contributed by atoms with E-state index in [1.54, 1.807) is 0 Å². The molecule has 0 amide bonds. The predicted octanol–water partition coefficient (Wildman–Crippen LogP) is 6.45. The summed E-state index contributed by atoms with van der Waals surface area (Å²) < 4.78 is 0. The molecule has 0 N–H and O–H groups in total. The monoisotopic (exact) mass is 383 g/mol. The van der Waals surface area contributed by atoms with Crippen LogP contribution >= 0.6 is 11.6 Å². The topological polar surface area (TPSA) is 3.24 Å². The third-order valence-electron chi connectivity index (χ3n) is 6.04. The van der Waals surface area contributed by atoms with E-state index in [4.69, 9.17) is 11.6 Å².